The quantitative estimate of drug-likeness (QED) is 0.901. The Morgan fingerprint density at radius 3 is 2.94 bits per heavy atom. The first kappa shape index (κ1) is 12.9. The molecule has 1 heterocycles. The molecule has 0 saturated carbocycles. The Bertz CT molecular complexity index is 530. The van der Waals surface area contributed by atoms with E-state index < -0.39 is 0 Å². The molecule has 18 heavy (non-hydrogen) atoms. The summed E-state index contributed by atoms with van der Waals surface area (Å²) < 4.78 is 19.0. The molecule has 2 rings (SSSR count). The van der Waals surface area contributed by atoms with Crippen molar-refractivity contribution in [2.75, 3.05) is 20.7 Å². The molecule has 6 heteroatoms. The smallest absolute Gasteiger partial charge is 0.154 e. The Hall–Kier alpha value is -1.53. The van der Waals surface area contributed by atoms with Crippen molar-refractivity contribution >= 4 is 11.3 Å². The predicted octanol–water partition coefficient (Wildman–Crippen LogP) is 2.11. The van der Waals surface area contributed by atoms with Crippen LogP contribution in [0.4, 0.5) is 4.39 Å². The van der Waals surface area contributed by atoms with Crippen LogP contribution in [0, 0.1) is 5.82 Å². The van der Waals surface area contributed by atoms with Gasteiger partial charge in [-0.25, -0.2) is 4.39 Å². The first-order valence-electron chi connectivity index (χ1n) is 5.56. The van der Waals surface area contributed by atoms with Gasteiger partial charge in [0.15, 0.2) is 5.01 Å². The lowest BCUT2D eigenvalue weighted by Gasteiger charge is -2.05. The van der Waals surface area contributed by atoms with E-state index in [1.54, 1.807) is 12.1 Å². The maximum Gasteiger partial charge on any atom is 0.154 e. The van der Waals surface area contributed by atoms with Crippen LogP contribution in [-0.2, 0) is 6.42 Å². The van der Waals surface area contributed by atoms with Gasteiger partial charge in [-0.15, -0.1) is 10.2 Å². The lowest BCUT2D eigenvalue weighted by atomic mass is 10.2. The second kappa shape index (κ2) is 5.88. The summed E-state index contributed by atoms with van der Waals surface area (Å²) in [5.41, 5.74) is 0.383. The Labute approximate surface area is 109 Å². The van der Waals surface area contributed by atoms with Crippen LogP contribution in [0.2, 0.25) is 0 Å². The summed E-state index contributed by atoms with van der Waals surface area (Å²) in [4.78, 5) is 0. The van der Waals surface area contributed by atoms with Crippen LogP contribution >= 0.6 is 11.3 Å². The Balaban J connectivity index is 2.33. The minimum Gasteiger partial charge on any atom is -0.496 e. The first-order valence-corrected chi connectivity index (χ1v) is 6.37. The van der Waals surface area contributed by atoms with E-state index in [9.17, 15) is 4.39 Å². The molecule has 4 nitrogen and oxygen atoms in total. The fourth-order valence-corrected chi connectivity index (χ4v) is 2.46. The zero-order chi connectivity index (χ0) is 13.0. The number of ether oxygens (including phenoxy) is 1. The second-order valence-electron chi connectivity index (χ2n) is 3.67. The molecule has 0 fully saturated rings. The van der Waals surface area contributed by atoms with Crippen molar-refractivity contribution in [3.8, 4) is 16.3 Å². The van der Waals surface area contributed by atoms with Gasteiger partial charge in [0.2, 0.25) is 0 Å². The van der Waals surface area contributed by atoms with Gasteiger partial charge in [0.1, 0.15) is 16.6 Å². The minimum atomic E-state index is -0.342. The molecule has 2 aromatic rings. The Kier molecular flexibility index (Phi) is 4.22. The van der Waals surface area contributed by atoms with E-state index in [0.717, 1.165) is 18.0 Å². The molecule has 96 valence electrons. The third-order valence-corrected chi connectivity index (χ3v) is 3.47. The molecule has 0 amide bonds. The van der Waals surface area contributed by atoms with E-state index >= 15 is 0 Å². The van der Waals surface area contributed by atoms with Crippen molar-refractivity contribution in [2.45, 2.75) is 6.42 Å². The van der Waals surface area contributed by atoms with Crippen LogP contribution in [0.1, 0.15) is 5.01 Å². The predicted molar refractivity (Wildman–Crippen MR) is 69.5 cm³/mol. The van der Waals surface area contributed by atoms with Crippen molar-refractivity contribution in [1.82, 2.24) is 15.5 Å². The summed E-state index contributed by atoms with van der Waals surface area (Å²) in [5.74, 6) is 0.136. The van der Waals surface area contributed by atoms with E-state index in [1.165, 1.54) is 24.5 Å². The SMILES string of the molecule is CNCCc1nnc(-c2c(F)cccc2OC)s1. The van der Waals surface area contributed by atoms with Crippen molar-refractivity contribution < 1.29 is 9.13 Å². The number of methoxy groups -OCH3 is 1. The molecule has 0 spiro atoms. The molecule has 0 unspecified atom stereocenters. The molecule has 0 atom stereocenters. The zero-order valence-corrected chi connectivity index (χ0v) is 11.1. The number of aromatic nitrogens is 2. The van der Waals surface area contributed by atoms with Crippen LogP contribution in [-0.4, -0.2) is 30.9 Å². The average Bonchev–Trinajstić information content (AvgIpc) is 2.84. The number of hydrogen-bond acceptors (Lipinski definition) is 5. The van der Waals surface area contributed by atoms with Crippen molar-refractivity contribution in [3.05, 3.63) is 29.0 Å². The van der Waals surface area contributed by atoms with Gasteiger partial charge in [0.05, 0.1) is 12.7 Å². The maximum atomic E-state index is 13.8. The lowest BCUT2D eigenvalue weighted by molar-refractivity contribution is 0.413. The molecule has 0 bridgehead atoms. The summed E-state index contributed by atoms with van der Waals surface area (Å²) >= 11 is 1.39. The first-order chi connectivity index (χ1) is 8.76. The summed E-state index contributed by atoms with van der Waals surface area (Å²) in [7, 11) is 3.39. The zero-order valence-electron chi connectivity index (χ0n) is 10.2. The molecule has 0 radical (unpaired) electrons. The van der Waals surface area contributed by atoms with Crippen LogP contribution in [0.15, 0.2) is 18.2 Å². The van der Waals surface area contributed by atoms with E-state index in [1.807, 2.05) is 7.05 Å². The highest BCUT2D eigenvalue weighted by atomic mass is 32.1. The van der Waals surface area contributed by atoms with Gasteiger partial charge >= 0.3 is 0 Å². The molecular weight excluding hydrogens is 253 g/mol. The van der Waals surface area contributed by atoms with Gasteiger partial charge in [-0.3, -0.25) is 0 Å². The van der Waals surface area contributed by atoms with Gasteiger partial charge in [-0.2, -0.15) is 0 Å². The lowest BCUT2D eigenvalue weighted by Crippen LogP contribution is -2.09. The minimum absolute atomic E-state index is 0.342. The van der Waals surface area contributed by atoms with Gasteiger partial charge in [0, 0.05) is 13.0 Å². The molecule has 0 aliphatic rings. The molecule has 0 aliphatic carbocycles. The third-order valence-electron chi connectivity index (χ3n) is 2.46. The summed E-state index contributed by atoms with van der Waals surface area (Å²) in [6, 6.07) is 4.72. The maximum absolute atomic E-state index is 13.8. The van der Waals surface area contributed by atoms with Gasteiger partial charge in [-0.1, -0.05) is 17.4 Å². The van der Waals surface area contributed by atoms with Crippen molar-refractivity contribution in [1.29, 1.82) is 0 Å². The molecule has 1 aromatic carbocycles. The average molecular weight is 267 g/mol. The fraction of sp³-hybridized carbons (Fsp3) is 0.333. The van der Waals surface area contributed by atoms with Crippen LogP contribution in [0.3, 0.4) is 0 Å². The third kappa shape index (κ3) is 2.65. The number of rotatable bonds is 5. The summed E-state index contributed by atoms with van der Waals surface area (Å²) in [6.07, 6.45) is 0.783. The normalized spacial score (nSPS) is 10.6. The van der Waals surface area contributed by atoms with Crippen LogP contribution in [0.25, 0.3) is 10.6 Å². The summed E-state index contributed by atoms with van der Waals surface area (Å²) in [6.45, 7) is 0.822. The molecular formula is C12H14FN3OS. The van der Waals surface area contributed by atoms with Crippen LogP contribution in [0.5, 0.6) is 5.75 Å². The number of likely N-dealkylation sites (N-methyl/N-ethyl adjacent to an activating group) is 1. The largest absolute Gasteiger partial charge is 0.496 e. The highest BCUT2D eigenvalue weighted by Gasteiger charge is 2.16. The highest BCUT2D eigenvalue weighted by molar-refractivity contribution is 7.14. The van der Waals surface area contributed by atoms with Crippen molar-refractivity contribution in [3.63, 3.8) is 0 Å². The molecule has 1 aromatic heterocycles. The number of nitrogens with one attached hydrogen (secondary N) is 1. The monoisotopic (exact) mass is 267 g/mol. The van der Waals surface area contributed by atoms with E-state index in [4.69, 9.17) is 4.74 Å². The molecule has 1 N–H and O–H groups in total. The van der Waals surface area contributed by atoms with Crippen LogP contribution < -0.4 is 10.1 Å². The molecule has 0 aliphatic heterocycles. The number of hydrogen-bond donors (Lipinski definition) is 1. The van der Waals surface area contributed by atoms with E-state index in [-0.39, 0.29) is 5.82 Å². The van der Waals surface area contributed by atoms with Crippen molar-refractivity contribution in [2.24, 2.45) is 0 Å². The topological polar surface area (TPSA) is 47.0 Å². The van der Waals surface area contributed by atoms with E-state index in [0.29, 0.717) is 16.3 Å². The second-order valence-corrected chi connectivity index (χ2v) is 4.73. The fourth-order valence-electron chi connectivity index (χ4n) is 1.57. The summed E-state index contributed by atoms with van der Waals surface area (Å²) in [5, 5.41) is 12.6. The Morgan fingerprint density at radius 1 is 1.39 bits per heavy atom. The number of halogens is 1. The van der Waals surface area contributed by atoms with E-state index in [2.05, 4.69) is 15.5 Å². The molecule has 0 saturated heterocycles. The van der Waals surface area contributed by atoms with Gasteiger partial charge in [0.25, 0.3) is 0 Å². The standard InChI is InChI=1S/C12H14FN3OS/c1-14-7-6-10-15-16-12(18-10)11-8(13)4-3-5-9(11)17-2/h3-5,14H,6-7H2,1-2H3. The van der Waals surface area contributed by atoms with Gasteiger partial charge < -0.3 is 10.1 Å². The highest BCUT2D eigenvalue weighted by Crippen LogP contribution is 2.34. The number of nitrogens with zero attached hydrogens (tertiary/aromatic N) is 2. The Morgan fingerprint density at radius 2 is 2.22 bits per heavy atom. The van der Waals surface area contributed by atoms with Gasteiger partial charge in [-0.05, 0) is 19.2 Å². The number of benzene rings is 1.